The van der Waals surface area contributed by atoms with E-state index in [9.17, 15) is 14.7 Å². The first-order chi connectivity index (χ1) is 15.9. The van der Waals surface area contributed by atoms with Crippen molar-refractivity contribution >= 4 is 11.8 Å². The Hall–Kier alpha value is -3.71. The molecule has 3 aromatic rings. The van der Waals surface area contributed by atoms with Gasteiger partial charge in [0.15, 0.2) is 11.4 Å². The van der Waals surface area contributed by atoms with Crippen LogP contribution in [-0.4, -0.2) is 36.1 Å². The van der Waals surface area contributed by atoms with Crippen LogP contribution in [0.25, 0.3) is 0 Å². The number of aliphatic hydroxyl groups is 1. The first-order valence-corrected chi connectivity index (χ1v) is 10.6. The number of Topliss-reactive ketones (excluding diaryl/α,β-unsaturated/α-hetero) is 1. The third kappa shape index (κ3) is 2.69. The number of aromatic nitrogens is 1. The van der Waals surface area contributed by atoms with Crippen LogP contribution in [0.2, 0.25) is 0 Å². The van der Waals surface area contributed by atoms with E-state index in [0.717, 1.165) is 5.56 Å². The number of hydrogen-bond acceptors (Lipinski definition) is 7. The van der Waals surface area contributed by atoms with Crippen LogP contribution in [0.15, 0.2) is 66.9 Å². The number of carbonyl (C=O) groups excluding carboxylic acids is 2. The molecule has 4 atom stereocenters. The quantitative estimate of drug-likeness (QED) is 0.487. The van der Waals surface area contributed by atoms with E-state index < -0.39 is 34.8 Å². The number of hydrogen-bond donors (Lipinski definition) is 1. The maximum atomic E-state index is 13.9. The monoisotopic (exact) mass is 445 g/mol. The van der Waals surface area contributed by atoms with Crippen molar-refractivity contribution in [2.45, 2.75) is 24.0 Å². The predicted molar refractivity (Wildman–Crippen MR) is 118 cm³/mol. The predicted octanol–water partition coefficient (Wildman–Crippen LogP) is 3.03. The van der Waals surface area contributed by atoms with Gasteiger partial charge < -0.3 is 19.3 Å². The minimum Gasteiger partial charge on any atom is -0.497 e. The van der Waals surface area contributed by atoms with Gasteiger partial charge in [-0.2, -0.15) is 0 Å². The molecule has 1 aromatic heterocycles. The van der Waals surface area contributed by atoms with Crippen molar-refractivity contribution in [1.29, 1.82) is 0 Å². The molecule has 7 nitrogen and oxygen atoms in total. The molecule has 168 valence electrons. The molecule has 5 rings (SSSR count). The number of methoxy groups -OCH3 is 2. The number of fused-ring (bicyclic) bond motifs is 3. The second-order valence-corrected chi connectivity index (χ2v) is 8.39. The minimum atomic E-state index is -2.20. The van der Waals surface area contributed by atoms with E-state index >= 15 is 0 Å². The average Bonchev–Trinajstić information content (AvgIpc) is 3.21. The van der Waals surface area contributed by atoms with Crippen LogP contribution in [0.5, 0.6) is 11.5 Å². The Morgan fingerprint density at radius 1 is 1.09 bits per heavy atom. The van der Waals surface area contributed by atoms with E-state index in [2.05, 4.69) is 4.98 Å². The molecule has 0 saturated heterocycles. The van der Waals surface area contributed by atoms with Gasteiger partial charge in [0.1, 0.15) is 23.1 Å². The molecule has 0 radical (unpaired) electrons. The van der Waals surface area contributed by atoms with Crippen LogP contribution in [-0.2, 0) is 25.5 Å². The Kier molecular flexibility index (Phi) is 4.76. The van der Waals surface area contributed by atoms with Crippen molar-refractivity contribution in [2.75, 3.05) is 14.2 Å². The van der Waals surface area contributed by atoms with Gasteiger partial charge >= 0.3 is 5.97 Å². The molecule has 1 saturated carbocycles. The van der Waals surface area contributed by atoms with Crippen molar-refractivity contribution in [3.63, 3.8) is 0 Å². The molecule has 0 unspecified atom stereocenters. The maximum absolute atomic E-state index is 13.9. The highest BCUT2D eigenvalue weighted by atomic mass is 16.5. The highest BCUT2D eigenvalue weighted by Crippen LogP contribution is 2.66. The maximum Gasteiger partial charge on any atom is 0.317 e. The van der Waals surface area contributed by atoms with E-state index in [-0.39, 0.29) is 5.69 Å². The van der Waals surface area contributed by atoms with Crippen molar-refractivity contribution in [3.8, 4) is 11.5 Å². The van der Waals surface area contributed by atoms with E-state index in [1.54, 1.807) is 43.6 Å². The summed E-state index contributed by atoms with van der Waals surface area (Å²) in [6.07, 6.45) is 1.57. The zero-order valence-electron chi connectivity index (χ0n) is 18.4. The van der Waals surface area contributed by atoms with Gasteiger partial charge in [-0.1, -0.05) is 42.5 Å². The Balaban J connectivity index is 1.86. The number of ketones is 1. The van der Waals surface area contributed by atoms with Gasteiger partial charge in [0.05, 0.1) is 20.1 Å². The van der Waals surface area contributed by atoms with Gasteiger partial charge in [-0.05, 0) is 36.2 Å². The molecule has 1 aliphatic heterocycles. The summed E-state index contributed by atoms with van der Waals surface area (Å²) in [5, 5.41) is 12.2. The summed E-state index contributed by atoms with van der Waals surface area (Å²) in [6, 6.07) is 17.8. The first kappa shape index (κ1) is 21.2. The number of nitrogens with zero attached hydrogens (tertiary/aromatic N) is 1. The number of carbonyl (C=O) groups is 2. The van der Waals surface area contributed by atoms with Crippen LogP contribution in [0.3, 0.4) is 0 Å². The zero-order chi connectivity index (χ0) is 23.4. The number of pyridine rings is 1. The second-order valence-electron chi connectivity index (χ2n) is 8.39. The summed E-state index contributed by atoms with van der Waals surface area (Å²) < 4.78 is 16.9. The van der Waals surface area contributed by atoms with Crippen molar-refractivity contribution in [3.05, 3.63) is 89.2 Å². The number of ether oxygens (including phenoxy) is 3. The molecule has 0 bridgehead atoms. The molecule has 2 heterocycles. The SMILES string of the molecule is COC(=O)[C@H]1C(=O)[C@@]2(O)c3ncc(C)cc3O[C@@]2(c2ccc(OC)cc2)[C@@H]1c1ccccc1. The molecule has 2 aromatic carbocycles. The molecular formula is C26H23NO6. The van der Waals surface area contributed by atoms with E-state index in [1.807, 2.05) is 37.3 Å². The topological polar surface area (TPSA) is 95.0 Å². The highest BCUT2D eigenvalue weighted by molar-refractivity contribution is 6.09. The third-order valence-electron chi connectivity index (χ3n) is 6.68. The molecule has 1 N–H and O–H groups in total. The Labute approximate surface area is 190 Å². The lowest BCUT2D eigenvalue weighted by Gasteiger charge is -2.39. The van der Waals surface area contributed by atoms with Gasteiger partial charge in [0.25, 0.3) is 0 Å². The van der Waals surface area contributed by atoms with Crippen LogP contribution < -0.4 is 9.47 Å². The molecule has 0 spiro atoms. The number of esters is 1. The Morgan fingerprint density at radius 3 is 2.42 bits per heavy atom. The molecule has 33 heavy (non-hydrogen) atoms. The molecule has 1 aliphatic carbocycles. The molecular weight excluding hydrogens is 422 g/mol. The lowest BCUT2D eigenvalue weighted by Crippen LogP contribution is -2.51. The standard InChI is InChI=1S/C26H23NO6/c1-15-13-19-22(27-14-15)25(30)23(28)20(24(29)32-3)21(16-7-5-4-6-8-16)26(25,33-19)17-9-11-18(31-2)12-10-17/h4-14,20-21,30H,1-3H3/t20-,21-,25+,26+/m1/s1. The minimum absolute atomic E-state index is 0.0984. The fraction of sp³-hybridized carbons (Fsp3) is 0.269. The smallest absolute Gasteiger partial charge is 0.317 e. The normalized spacial score (nSPS) is 27.5. The summed E-state index contributed by atoms with van der Waals surface area (Å²) in [7, 11) is 2.78. The van der Waals surface area contributed by atoms with Crippen LogP contribution in [0, 0.1) is 12.8 Å². The zero-order valence-corrected chi connectivity index (χ0v) is 18.4. The van der Waals surface area contributed by atoms with E-state index in [0.29, 0.717) is 22.6 Å². The second kappa shape index (κ2) is 7.42. The van der Waals surface area contributed by atoms with Crippen LogP contribution >= 0.6 is 0 Å². The fourth-order valence-corrected chi connectivity index (χ4v) is 5.26. The van der Waals surface area contributed by atoms with Crippen LogP contribution in [0.4, 0.5) is 0 Å². The van der Waals surface area contributed by atoms with Gasteiger partial charge in [0, 0.05) is 11.8 Å². The molecule has 1 fully saturated rings. The van der Waals surface area contributed by atoms with Crippen molar-refractivity contribution in [2.24, 2.45) is 5.92 Å². The Morgan fingerprint density at radius 2 is 1.79 bits per heavy atom. The lowest BCUT2D eigenvalue weighted by atomic mass is 9.71. The number of benzene rings is 2. The Bertz CT molecular complexity index is 1240. The van der Waals surface area contributed by atoms with Gasteiger partial charge in [0.2, 0.25) is 5.60 Å². The number of rotatable bonds is 4. The molecule has 2 aliphatic rings. The lowest BCUT2D eigenvalue weighted by molar-refractivity contribution is -0.155. The van der Waals surface area contributed by atoms with Gasteiger partial charge in [-0.3, -0.25) is 14.6 Å². The van der Waals surface area contributed by atoms with E-state index in [4.69, 9.17) is 14.2 Å². The third-order valence-corrected chi connectivity index (χ3v) is 6.68. The van der Waals surface area contributed by atoms with Crippen molar-refractivity contribution < 1.29 is 28.9 Å². The van der Waals surface area contributed by atoms with Crippen LogP contribution in [0.1, 0.15) is 28.3 Å². The molecule has 0 amide bonds. The fourth-order valence-electron chi connectivity index (χ4n) is 5.26. The van der Waals surface area contributed by atoms with Crippen molar-refractivity contribution in [1.82, 2.24) is 4.98 Å². The molecule has 7 heteroatoms. The summed E-state index contributed by atoms with van der Waals surface area (Å²) >= 11 is 0. The van der Waals surface area contributed by atoms with E-state index in [1.165, 1.54) is 7.11 Å². The summed E-state index contributed by atoms with van der Waals surface area (Å²) in [6.45, 7) is 1.85. The number of aryl methyl sites for hydroxylation is 1. The summed E-state index contributed by atoms with van der Waals surface area (Å²) in [4.78, 5) is 31.3. The summed E-state index contributed by atoms with van der Waals surface area (Å²) in [5.41, 5.74) is -1.74. The summed E-state index contributed by atoms with van der Waals surface area (Å²) in [5.74, 6) is -2.68. The highest BCUT2D eigenvalue weighted by Gasteiger charge is 2.78. The first-order valence-electron chi connectivity index (χ1n) is 10.6. The van der Waals surface area contributed by atoms with Gasteiger partial charge in [-0.15, -0.1) is 0 Å². The average molecular weight is 445 g/mol. The largest absolute Gasteiger partial charge is 0.497 e. The van der Waals surface area contributed by atoms with Gasteiger partial charge in [-0.25, -0.2) is 0 Å².